The smallest absolute Gasteiger partial charge is 0.306 e. The molecule has 0 radical (unpaired) electrons. The number of ether oxygens (including phenoxy) is 1. The third-order valence-electron chi connectivity index (χ3n) is 3.40. The van der Waals surface area contributed by atoms with Crippen molar-refractivity contribution in [3.8, 4) is 0 Å². The lowest BCUT2D eigenvalue weighted by Crippen LogP contribution is -2.49. The van der Waals surface area contributed by atoms with Crippen LogP contribution in [0.3, 0.4) is 0 Å². The summed E-state index contributed by atoms with van der Waals surface area (Å²) in [6, 6.07) is 5.22. The lowest BCUT2D eigenvalue weighted by molar-refractivity contribution is -0.144. The van der Waals surface area contributed by atoms with Gasteiger partial charge in [0.15, 0.2) is 0 Å². The average molecular weight is 349 g/mol. The predicted octanol–water partition coefficient (Wildman–Crippen LogP) is 0.818. The number of primary amides is 1. The normalized spacial score (nSPS) is 12.6. The molecule has 1 rings (SSSR count). The van der Waals surface area contributed by atoms with Crippen molar-refractivity contribution in [2.24, 2.45) is 11.7 Å². The van der Waals surface area contributed by atoms with Crippen LogP contribution in [0, 0.1) is 5.92 Å². The Hall–Kier alpha value is -2.90. The first-order valence-corrected chi connectivity index (χ1v) is 7.88. The molecule has 3 amide bonds. The van der Waals surface area contributed by atoms with Crippen molar-refractivity contribution in [1.82, 2.24) is 5.32 Å². The number of hydrogen-bond acceptors (Lipinski definition) is 5. The first kappa shape index (κ1) is 20.1. The minimum atomic E-state index is -1.03. The van der Waals surface area contributed by atoms with Gasteiger partial charge in [-0.15, -0.1) is 0 Å². The molecule has 0 aliphatic heterocycles. The highest BCUT2D eigenvalue weighted by Crippen LogP contribution is 2.13. The summed E-state index contributed by atoms with van der Waals surface area (Å²) in [6.45, 7) is 4.89. The van der Waals surface area contributed by atoms with E-state index >= 15 is 0 Å². The van der Waals surface area contributed by atoms with Crippen LogP contribution in [0.25, 0.3) is 0 Å². The Morgan fingerprint density at radius 1 is 1.24 bits per heavy atom. The van der Waals surface area contributed by atoms with Gasteiger partial charge in [0.2, 0.25) is 11.8 Å². The van der Waals surface area contributed by atoms with Gasteiger partial charge in [0.05, 0.1) is 13.0 Å². The van der Waals surface area contributed by atoms with Crippen molar-refractivity contribution in [2.45, 2.75) is 33.2 Å². The number of nitrogens with one attached hydrogen (secondary N) is 2. The van der Waals surface area contributed by atoms with Gasteiger partial charge < -0.3 is 21.1 Å². The molecule has 0 aliphatic rings. The van der Waals surface area contributed by atoms with Gasteiger partial charge in [0.1, 0.15) is 6.04 Å². The van der Waals surface area contributed by atoms with Crippen LogP contribution in [0.1, 0.15) is 37.6 Å². The molecule has 0 saturated carbocycles. The minimum absolute atomic E-state index is 0.0480. The molecule has 2 atom stereocenters. The predicted molar refractivity (Wildman–Crippen MR) is 91.6 cm³/mol. The first-order valence-electron chi connectivity index (χ1n) is 7.88. The quantitative estimate of drug-likeness (QED) is 0.599. The van der Waals surface area contributed by atoms with E-state index in [1.54, 1.807) is 26.0 Å². The molecule has 0 unspecified atom stereocenters. The molecule has 0 saturated heterocycles. The number of anilines is 1. The van der Waals surface area contributed by atoms with E-state index in [-0.39, 0.29) is 24.5 Å². The van der Waals surface area contributed by atoms with Gasteiger partial charge in [-0.1, -0.05) is 13.0 Å². The fourth-order valence-corrected chi connectivity index (χ4v) is 2.26. The van der Waals surface area contributed by atoms with Gasteiger partial charge in [0.25, 0.3) is 5.91 Å². The molecule has 4 N–H and O–H groups in total. The maximum Gasteiger partial charge on any atom is 0.306 e. The van der Waals surface area contributed by atoms with Crippen LogP contribution in [0.4, 0.5) is 5.69 Å². The second-order valence-corrected chi connectivity index (χ2v) is 5.60. The Morgan fingerprint density at radius 2 is 1.92 bits per heavy atom. The third kappa shape index (κ3) is 6.62. The summed E-state index contributed by atoms with van der Waals surface area (Å²) < 4.78 is 4.84. The van der Waals surface area contributed by atoms with Gasteiger partial charge in [-0.25, -0.2) is 0 Å². The number of hydrogen-bond donors (Lipinski definition) is 3. The summed E-state index contributed by atoms with van der Waals surface area (Å²) >= 11 is 0. The molecule has 25 heavy (non-hydrogen) atoms. The Balaban J connectivity index is 2.84. The van der Waals surface area contributed by atoms with Crippen molar-refractivity contribution in [2.75, 3.05) is 11.9 Å². The second-order valence-electron chi connectivity index (χ2n) is 5.60. The molecule has 8 nitrogen and oxygen atoms in total. The molecule has 0 bridgehead atoms. The summed E-state index contributed by atoms with van der Waals surface area (Å²) in [7, 11) is 0. The molecule has 0 aliphatic carbocycles. The Labute approximate surface area is 146 Å². The molecule has 1 aromatic carbocycles. The monoisotopic (exact) mass is 349 g/mol. The van der Waals surface area contributed by atoms with Crippen molar-refractivity contribution < 1.29 is 23.9 Å². The Bertz CT molecular complexity index is 659. The van der Waals surface area contributed by atoms with Crippen LogP contribution >= 0.6 is 0 Å². The molecular weight excluding hydrogens is 326 g/mol. The Kier molecular flexibility index (Phi) is 7.58. The largest absolute Gasteiger partial charge is 0.466 e. The minimum Gasteiger partial charge on any atom is -0.466 e. The van der Waals surface area contributed by atoms with Crippen molar-refractivity contribution in [1.29, 1.82) is 0 Å². The fourth-order valence-electron chi connectivity index (χ4n) is 2.26. The lowest BCUT2D eigenvalue weighted by Gasteiger charge is -2.21. The van der Waals surface area contributed by atoms with E-state index in [0.29, 0.717) is 5.69 Å². The topological polar surface area (TPSA) is 128 Å². The van der Waals surface area contributed by atoms with Crippen molar-refractivity contribution in [3.05, 3.63) is 29.8 Å². The molecule has 0 fully saturated rings. The summed E-state index contributed by atoms with van der Waals surface area (Å²) in [5.74, 6) is -2.55. The van der Waals surface area contributed by atoms with Crippen LogP contribution < -0.4 is 16.4 Å². The Morgan fingerprint density at radius 3 is 2.48 bits per heavy atom. The lowest BCUT2D eigenvalue weighted by atomic mass is 9.97. The second kappa shape index (κ2) is 9.41. The van der Waals surface area contributed by atoms with Gasteiger partial charge in [0, 0.05) is 18.2 Å². The number of carbonyl (C=O) groups is 4. The first-order chi connectivity index (χ1) is 11.7. The fraction of sp³-hybridized carbons (Fsp3) is 0.412. The van der Waals surface area contributed by atoms with Crippen molar-refractivity contribution in [3.63, 3.8) is 0 Å². The van der Waals surface area contributed by atoms with E-state index < -0.39 is 29.7 Å². The maximum atomic E-state index is 12.4. The number of nitrogens with two attached hydrogens (primary N) is 1. The van der Waals surface area contributed by atoms with Crippen LogP contribution in [0.5, 0.6) is 0 Å². The van der Waals surface area contributed by atoms with E-state index in [1.807, 2.05) is 0 Å². The van der Waals surface area contributed by atoms with E-state index in [1.165, 1.54) is 19.1 Å². The van der Waals surface area contributed by atoms with Crippen LogP contribution in [0.2, 0.25) is 0 Å². The number of esters is 1. The van der Waals surface area contributed by atoms with E-state index in [9.17, 15) is 19.2 Å². The summed E-state index contributed by atoms with van der Waals surface area (Å²) in [6.07, 6.45) is -0.0480. The van der Waals surface area contributed by atoms with Crippen molar-refractivity contribution >= 4 is 29.4 Å². The summed E-state index contributed by atoms with van der Waals surface area (Å²) in [4.78, 5) is 46.7. The van der Waals surface area contributed by atoms with Crippen LogP contribution in [-0.4, -0.2) is 36.3 Å². The number of amides is 3. The zero-order valence-electron chi connectivity index (χ0n) is 14.5. The van der Waals surface area contributed by atoms with Crippen LogP contribution in [-0.2, 0) is 19.1 Å². The number of carbonyl (C=O) groups excluding carboxylic acids is 4. The molecule has 8 heteroatoms. The molecule has 0 aromatic heterocycles. The number of benzene rings is 1. The van der Waals surface area contributed by atoms with Gasteiger partial charge >= 0.3 is 5.97 Å². The molecule has 1 aromatic rings. The van der Waals surface area contributed by atoms with Gasteiger partial charge in [-0.05, 0) is 31.0 Å². The molecule has 0 spiro atoms. The maximum absolute atomic E-state index is 12.4. The van der Waals surface area contributed by atoms with E-state index in [2.05, 4.69) is 10.6 Å². The van der Waals surface area contributed by atoms with Crippen LogP contribution in [0.15, 0.2) is 24.3 Å². The third-order valence-corrected chi connectivity index (χ3v) is 3.40. The van der Waals surface area contributed by atoms with Gasteiger partial charge in [-0.3, -0.25) is 19.2 Å². The summed E-state index contributed by atoms with van der Waals surface area (Å²) in [5, 5.41) is 5.09. The molecule has 136 valence electrons. The van der Waals surface area contributed by atoms with E-state index in [0.717, 1.165) is 0 Å². The van der Waals surface area contributed by atoms with Gasteiger partial charge in [-0.2, -0.15) is 0 Å². The zero-order valence-corrected chi connectivity index (χ0v) is 14.5. The average Bonchev–Trinajstić information content (AvgIpc) is 2.51. The molecular formula is C17H23N3O5. The highest BCUT2D eigenvalue weighted by atomic mass is 16.5. The highest BCUT2D eigenvalue weighted by molar-refractivity contribution is 5.99. The highest BCUT2D eigenvalue weighted by Gasteiger charge is 2.27. The summed E-state index contributed by atoms with van der Waals surface area (Å²) in [5.41, 5.74) is 6.05. The number of rotatable bonds is 8. The zero-order chi connectivity index (χ0) is 19.0. The standard InChI is InChI=1S/C17H23N3O5/c1-4-25-14(22)8-10(2)15(16(18)23)20-17(24)12-6-5-7-13(9-12)19-11(3)21/h5-7,9-10,15H,4,8H2,1-3H3,(H2,18,23)(H,19,21)(H,20,24)/t10-,15+/m0/s1. The molecule has 0 heterocycles. The van der Waals surface area contributed by atoms with E-state index in [4.69, 9.17) is 10.5 Å². The SMILES string of the molecule is CCOC(=O)C[C@H](C)[C@@H](NC(=O)c1cccc(NC(C)=O)c1)C(N)=O.